The fraction of sp³-hybridized carbons (Fsp3) is 0.273. The van der Waals surface area contributed by atoms with Crippen LogP contribution in [0.1, 0.15) is 6.42 Å². The van der Waals surface area contributed by atoms with E-state index in [0.717, 1.165) is 0 Å². The predicted octanol–water partition coefficient (Wildman–Crippen LogP) is 1.00. The van der Waals surface area contributed by atoms with Crippen molar-refractivity contribution in [1.29, 1.82) is 0 Å². The minimum absolute atomic E-state index is 0.277. The highest BCUT2D eigenvalue weighted by atomic mass is 16.5. The standard InChI is InChI=1S/C11H12O6/c1-16-7-2-4-8(5-3-7)17-9(11(14)15)6-10(12)13/h2-5,9H,6H2,1H3,(H,12,13)(H,14,15)/t9-/m1/s1. The van der Waals surface area contributed by atoms with Crippen molar-refractivity contribution in [3.63, 3.8) is 0 Å². The number of hydrogen-bond donors (Lipinski definition) is 2. The Balaban J connectivity index is 2.71. The van der Waals surface area contributed by atoms with Crippen LogP contribution in [0.4, 0.5) is 0 Å². The molecule has 0 aliphatic carbocycles. The van der Waals surface area contributed by atoms with Crippen LogP contribution in [-0.4, -0.2) is 35.4 Å². The van der Waals surface area contributed by atoms with Crippen molar-refractivity contribution in [3.8, 4) is 11.5 Å². The predicted molar refractivity (Wildman–Crippen MR) is 57.3 cm³/mol. The second kappa shape index (κ2) is 5.74. The number of benzene rings is 1. The second-order valence-corrected chi connectivity index (χ2v) is 3.22. The molecule has 2 N–H and O–H groups in total. The first kappa shape index (κ1) is 12.8. The van der Waals surface area contributed by atoms with Gasteiger partial charge in [0, 0.05) is 0 Å². The van der Waals surface area contributed by atoms with Gasteiger partial charge < -0.3 is 19.7 Å². The van der Waals surface area contributed by atoms with Crippen LogP contribution in [0.3, 0.4) is 0 Å². The van der Waals surface area contributed by atoms with Crippen molar-refractivity contribution in [1.82, 2.24) is 0 Å². The van der Waals surface area contributed by atoms with Crippen molar-refractivity contribution in [2.75, 3.05) is 7.11 Å². The molecule has 0 aliphatic rings. The van der Waals surface area contributed by atoms with Gasteiger partial charge >= 0.3 is 11.9 Å². The van der Waals surface area contributed by atoms with Gasteiger partial charge in [-0.05, 0) is 24.3 Å². The molecule has 6 heteroatoms. The first-order valence-corrected chi connectivity index (χ1v) is 4.78. The zero-order valence-electron chi connectivity index (χ0n) is 9.12. The van der Waals surface area contributed by atoms with Gasteiger partial charge in [0.1, 0.15) is 11.5 Å². The van der Waals surface area contributed by atoms with E-state index in [9.17, 15) is 9.59 Å². The number of methoxy groups -OCH3 is 1. The second-order valence-electron chi connectivity index (χ2n) is 3.22. The van der Waals surface area contributed by atoms with E-state index in [0.29, 0.717) is 5.75 Å². The molecular weight excluding hydrogens is 228 g/mol. The minimum atomic E-state index is -1.40. The highest BCUT2D eigenvalue weighted by Crippen LogP contribution is 2.18. The topological polar surface area (TPSA) is 93.1 Å². The molecule has 1 rings (SSSR count). The van der Waals surface area contributed by atoms with Crippen LogP contribution in [0.2, 0.25) is 0 Å². The summed E-state index contributed by atoms with van der Waals surface area (Å²) in [6.07, 6.45) is -2.00. The molecular formula is C11H12O6. The maximum absolute atomic E-state index is 10.7. The van der Waals surface area contributed by atoms with Gasteiger partial charge in [-0.1, -0.05) is 0 Å². The van der Waals surface area contributed by atoms with Gasteiger partial charge in [-0.2, -0.15) is 0 Å². The van der Waals surface area contributed by atoms with Crippen LogP contribution in [0, 0.1) is 0 Å². The van der Waals surface area contributed by atoms with Crippen LogP contribution in [0.15, 0.2) is 24.3 Å². The minimum Gasteiger partial charge on any atom is -0.497 e. The fourth-order valence-corrected chi connectivity index (χ4v) is 1.16. The van der Waals surface area contributed by atoms with Crippen LogP contribution in [0.25, 0.3) is 0 Å². The third-order valence-corrected chi connectivity index (χ3v) is 1.97. The number of carbonyl (C=O) groups is 2. The molecule has 0 heterocycles. The SMILES string of the molecule is COc1ccc(O[C@H](CC(=O)O)C(=O)O)cc1. The zero-order valence-corrected chi connectivity index (χ0v) is 9.12. The Bertz CT molecular complexity index is 397. The lowest BCUT2D eigenvalue weighted by Gasteiger charge is -2.13. The first-order chi connectivity index (χ1) is 8.02. The molecule has 0 saturated carbocycles. The van der Waals surface area contributed by atoms with Gasteiger partial charge in [0.15, 0.2) is 0 Å². The molecule has 0 unspecified atom stereocenters. The van der Waals surface area contributed by atoms with E-state index in [-0.39, 0.29) is 5.75 Å². The summed E-state index contributed by atoms with van der Waals surface area (Å²) < 4.78 is 9.97. The summed E-state index contributed by atoms with van der Waals surface area (Å²) in [6.45, 7) is 0. The van der Waals surface area contributed by atoms with Gasteiger partial charge in [0.05, 0.1) is 13.5 Å². The van der Waals surface area contributed by atoms with E-state index in [1.54, 1.807) is 12.1 Å². The van der Waals surface area contributed by atoms with Crippen molar-refractivity contribution < 1.29 is 29.3 Å². The Kier molecular flexibility index (Phi) is 4.33. The first-order valence-electron chi connectivity index (χ1n) is 4.78. The Morgan fingerprint density at radius 3 is 2.12 bits per heavy atom. The van der Waals surface area contributed by atoms with Gasteiger partial charge in [0.25, 0.3) is 0 Å². The summed E-state index contributed by atoms with van der Waals surface area (Å²) in [6, 6.07) is 6.21. The number of aliphatic carboxylic acids is 2. The Labute approximate surface area is 97.4 Å². The van der Waals surface area contributed by atoms with Gasteiger partial charge in [-0.3, -0.25) is 4.79 Å². The lowest BCUT2D eigenvalue weighted by Crippen LogP contribution is -2.29. The molecule has 0 aliphatic heterocycles. The van der Waals surface area contributed by atoms with Crippen LogP contribution >= 0.6 is 0 Å². The lowest BCUT2D eigenvalue weighted by molar-refractivity contribution is -0.151. The summed E-state index contributed by atoms with van der Waals surface area (Å²) in [7, 11) is 1.50. The molecule has 92 valence electrons. The maximum atomic E-state index is 10.7. The number of rotatable bonds is 6. The van der Waals surface area contributed by atoms with E-state index >= 15 is 0 Å². The highest BCUT2D eigenvalue weighted by molar-refractivity contribution is 5.79. The largest absolute Gasteiger partial charge is 0.497 e. The Hall–Kier alpha value is -2.24. The van der Waals surface area contributed by atoms with E-state index in [2.05, 4.69) is 0 Å². The summed E-state index contributed by atoms with van der Waals surface area (Å²) in [5, 5.41) is 17.3. The quantitative estimate of drug-likeness (QED) is 0.770. The molecule has 0 spiro atoms. The summed E-state index contributed by atoms with van der Waals surface area (Å²) in [5.41, 5.74) is 0. The summed E-state index contributed by atoms with van der Waals surface area (Å²) in [5.74, 6) is -1.67. The van der Waals surface area contributed by atoms with Gasteiger partial charge in [-0.25, -0.2) is 4.79 Å². The molecule has 17 heavy (non-hydrogen) atoms. The molecule has 0 aromatic heterocycles. The molecule has 1 aromatic carbocycles. The van der Waals surface area contributed by atoms with Crippen LogP contribution < -0.4 is 9.47 Å². The third kappa shape index (κ3) is 4.02. The smallest absolute Gasteiger partial charge is 0.345 e. The summed E-state index contributed by atoms with van der Waals surface area (Å²) >= 11 is 0. The van der Waals surface area contributed by atoms with E-state index in [1.807, 2.05) is 0 Å². The maximum Gasteiger partial charge on any atom is 0.345 e. The Morgan fingerprint density at radius 2 is 1.71 bits per heavy atom. The molecule has 0 saturated heterocycles. The molecule has 6 nitrogen and oxygen atoms in total. The normalized spacial score (nSPS) is 11.6. The average molecular weight is 240 g/mol. The Morgan fingerprint density at radius 1 is 1.18 bits per heavy atom. The third-order valence-electron chi connectivity index (χ3n) is 1.97. The molecule has 1 atom stereocenters. The van der Waals surface area contributed by atoms with Crippen LogP contribution in [0.5, 0.6) is 11.5 Å². The highest BCUT2D eigenvalue weighted by Gasteiger charge is 2.22. The van der Waals surface area contributed by atoms with Crippen LogP contribution in [-0.2, 0) is 9.59 Å². The van der Waals surface area contributed by atoms with Crippen molar-refractivity contribution in [2.45, 2.75) is 12.5 Å². The number of carboxylic acid groups (broad SMARTS) is 2. The van der Waals surface area contributed by atoms with E-state index < -0.39 is 24.5 Å². The molecule has 0 amide bonds. The van der Waals surface area contributed by atoms with Crippen molar-refractivity contribution in [3.05, 3.63) is 24.3 Å². The average Bonchev–Trinajstić information content (AvgIpc) is 2.28. The molecule has 0 bridgehead atoms. The number of carboxylic acids is 2. The zero-order chi connectivity index (χ0) is 12.8. The number of ether oxygens (including phenoxy) is 2. The molecule has 1 aromatic rings. The lowest BCUT2D eigenvalue weighted by atomic mass is 10.2. The molecule has 0 fully saturated rings. The van der Waals surface area contributed by atoms with E-state index in [4.69, 9.17) is 19.7 Å². The molecule has 0 radical (unpaired) electrons. The number of hydrogen-bond acceptors (Lipinski definition) is 4. The monoisotopic (exact) mass is 240 g/mol. The van der Waals surface area contributed by atoms with E-state index in [1.165, 1.54) is 19.2 Å². The van der Waals surface area contributed by atoms with Gasteiger partial charge in [-0.15, -0.1) is 0 Å². The van der Waals surface area contributed by atoms with Crippen molar-refractivity contribution >= 4 is 11.9 Å². The van der Waals surface area contributed by atoms with Crippen molar-refractivity contribution in [2.24, 2.45) is 0 Å². The van der Waals surface area contributed by atoms with Gasteiger partial charge in [0.2, 0.25) is 6.10 Å². The summed E-state index contributed by atoms with van der Waals surface area (Å²) in [4.78, 5) is 21.2. The fourth-order valence-electron chi connectivity index (χ4n) is 1.16.